The first-order valence-corrected chi connectivity index (χ1v) is 5.23. The van der Waals surface area contributed by atoms with Crippen molar-refractivity contribution in [2.45, 2.75) is 33.2 Å². The summed E-state index contributed by atoms with van der Waals surface area (Å²) in [6, 6.07) is 0.219. The third-order valence-corrected chi connectivity index (χ3v) is 2.84. The van der Waals surface area contributed by atoms with Gasteiger partial charge >= 0.3 is 0 Å². The molecule has 1 aliphatic heterocycles. The lowest BCUT2D eigenvalue weighted by Crippen LogP contribution is -2.37. The first kappa shape index (κ1) is 11.0. The minimum absolute atomic E-state index is 0.139. The minimum Gasteiger partial charge on any atom is -0.336 e. The predicted molar refractivity (Wildman–Crippen MR) is 58.9 cm³/mol. The number of rotatable bonds is 2. The molecular weight excluding hydrogens is 174 g/mol. The van der Waals surface area contributed by atoms with Gasteiger partial charge in [-0.1, -0.05) is 38.5 Å². The van der Waals surface area contributed by atoms with Crippen LogP contribution in [0, 0.1) is 5.92 Å². The third kappa shape index (κ3) is 2.25. The Bertz CT molecular complexity index is 278. The molecule has 0 aliphatic carbocycles. The van der Waals surface area contributed by atoms with Gasteiger partial charge in [0.1, 0.15) is 0 Å². The number of hydrogen-bond donors (Lipinski definition) is 0. The van der Waals surface area contributed by atoms with Gasteiger partial charge in [-0.15, -0.1) is 0 Å². The molecule has 0 saturated heterocycles. The van der Waals surface area contributed by atoms with Crippen LogP contribution in [0.4, 0.5) is 0 Å². The van der Waals surface area contributed by atoms with Crippen LogP contribution in [-0.4, -0.2) is 23.9 Å². The zero-order chi connectivity index (χ0) is 10.7. The molecule has 1 rings (SSSR count). The molecule has 2 unspecified atom stereocenters. The van der Waals surface area contributed by atoms with Crippen molar-refractivity contribution in [2.24, 2.45) is 5.92 Å². The number of likely N-dealkylation sites (N-methyl/N-ethyl adjacent to an activating group) is 1. The molecule has 14 heavy (non-hydrogen) atoms. The monoisotopic (exact) mass is 193 g/mol. The highest BCUT2D eigenvalue weighted by Gasteiger charge is 2.20. The Morgan fingerprint density at radius 3 is 2.86 bits per heavy atom. The Labute approximate surface area is 86.3 Å². The van der Waals surface area contributed by atoms with Crippen molar-refractivity contribution in [2.75, 3.05) is 7.05 Å². The van der Waals surface area contributed by atoms with Gasteiger partial charge in [0.25, 0.3) is 5.91 Å². The van der Waals surface area contributed by atoms with Crippen LogP contribution in [0.3, 0.4) is 0 Å². The zero-order valence-corrected chi connectivity index (χ0v) is 9.45. The lowest BCUT2D eigenvalue weighted by Gasteiger charge is -2.27. The van der Waals surface area contributed by atoms with Gasteiger partial charge < -0.3 is 4.90 Å². The Morgan fingerprint density at radius 2 is 2.29 bits per heavy atom. The van der Waals surface area contributed by atoms with Crippen LogP contribution in [0.1, 0.15) is 27.2 Å². The molecule has 2 nitrogen and oxygen atoms in total. The van der Waals surface area contributed by atoms with Crippen molar-refractivity contribution in [3.8, 4) is 0 Å². The summed E-state index contributed by atoms with van der Waals surface area (Å²) in [4.78, 5) is 13.6. The quantitative estimate of drug-likeness (QED) is 0.617. The largest absolute Gasteiger partial charge is 0.336 e. The molecule has 78 valence electrons. The molecule has 0 aromatic carbocycles. The molecule has 0 saturated carbocycles. The smallest absolute Gasteiger partial charge is 0.253 e. The summed E-state index contributed by atoms with van der Waals surface area (Å²) in [7, 11) is 1.85. The summed E-state index contributed by atoms with van der Waals surface area (Å²) in [6.07, 6.45) is 7.14. The fourth-order valence-electron chi connectivity index (χ4n) is 1.38. The second-order valence-electron chi connectivity index (χ2n) is 4.02. The molecule has 1 amide bonds. The Balaban J connectivity index is 2.86. The third-order valence-electron chi connectivity index (χ3n) is 2.84. The van der Waals surface area contributed by atoms with E-state index < -0.39 is 0 Å². The average molecular weight is 193 g/mol. The van der Waals surface area contributed by atoms with Crippen molar-refractivity contribution in [3.05, 3.63) is 23.8 Å². The van der Waals surface area contributed by atoms with Crippen LogP contribution in [0.2, 0.25) is 0 Å². The van der Waals surface area contributed by atoms with Gasteiger partial charge in [0, 0.05) is 18.7 Å². The van der Waals surface area contributed by atoms with E-state index in [1.54, 1.807) is 4.90 Å². The van der Waals surface area contributed by atoms with Crippen LogP contribution < -0.4 is 0 Å². The summed E-state index contributed by atoms with van der Waals surface area (Å²) < 4.78 is 0. The number of carbonyl (C=O) groups excluding carboxylic acids is 1. The van der Waals surface area contributed by atoms with E-state index in [-0.39, 0.29) is 11.9 Å². The Hall–Kier alpha value is -1.05. The first-order valence-electron chi connectivity index (χ1n) is 5.23. The van der Waals surface area contributed by atoms with E-state index in [2.05, 4.69) is 26.0 Å². The SMILES string of the molecule is CCC(C)/C=C1\C=CC(C)N(C)C1=O. The molecule has 0 aromatic heterocycles. The predicted octanol–water partition coefficient (Wildman–Crippen LogP) is 2.38. The van der Waals surface area contributed by atoms with Gasteiger partial charge in [-0.25, -0.2) is 0 Å². The maximum Gasteiger partial charge on any atom is 0.253 e. The van der Waals surface area contributed by atoms with Crippen molar-refractivity contribution in [1.29, 1.82) is 0 Å². The highest BCUT2D eigenvalue weighted by molar-refractivity contribution is 5.97. The maximum absolute atomic E-state index is 11.8. The number of hydrogen-bond acceptors (Lipinski definition) is 1. The number of allylic oxidation sites excluding steroid dienone is 1. The lowest BCUT2D eigenvalue weighted by molar-refractivity contribution is -0.126. The number of amides is 1. The van der Waals surface area contributed by atoms with Crippen LogP contribution >= 0.6 is 0 Å². The summed E-state index contributed by atoms with van der Waals surface area (Å²) in [5.74, 6) is 0.612. The molecule has 2 atom stereocenters. The molecule has 1 aliphatic rings. The van der Waals surface area contributed by atoms with Gasteiger partial charge in [-0.2, -0.15) is 0 Å². The van der Waals surface area contributed by atoms with Crippen molar-refractivity contribution < 1.29 is 4.79 Å². The number of carbonyl (C=O) groups is 1. The Morgan fingerprint density at radius 1 is 1.64 bits per heavy atom. The molecule has 2 heteroatoms. The Kier molecular flexibility index (Phi) is 3.50. The van der Waals surface area contributed by atoms with Crippen molar-refractivity contribution >= 4 is 5.91 Å². The van der Waals surface area contributed by atoms with Crippen LogP contribution in [0.15, 0.2) is 23.8 Å². The molecule has 0 spiro atoms. The second-order valence-corrected chi connectivity index (χ2v) is 4.02. The van der Waals surface area contributed by atoms with E-state index in [0.29, 0.717) is 5.92 Å². The van der Waals surface area contributed by atoms with E-state index in [0.717, 1.165) is 12.0 Å². The molecule has 0 N–H and O–H groups in total. The van der Waals surface area contributed by atoms with Gasteiger partial charge in [0.15, 0.2) is 0 Å². The van der Waals surface area contributed by atoms with E-state index in [9.17, 15) is 4.79 Å². The van der Waals surface area contributed by atoms with E-state index in [4.69, 9.17) is 0 Å². The second kappa shape index (κ2) is 4.45. The highest BCUT2D eigenvalue weighted by atomic mass is 16.2. The minimum atomic E-state index is 0.139. The molecule has 0 bridgehead atoms. The molecule has 1 heterocycles. The van der Waals surface area contributed by atoms with Gasteiger partial charge in [0.2, 0.25) is 0 Å². The average Bonchev–Trinajstić information content (AvgIpc) is 2.19. The van der Waals surface area contributed by atoms with Crippen molar-refractivity contribution in [1.82, 2.24) is 4.90 Å². The topological polar surface area (TPSA) is 20.3 Å². The van der Waals surface area contributed by atoms with Crippen molar-refractivity contribution in [3.63, 3.8) is 0 Å². The van der Waals surface area contributed by atoms with E-state index in [1.807, 2.05) is 20.0 Å². The molecule has 0 fully saturated rings. The van der Waals surface area contributed by atoms with Crippen LogP contribution in [0.25, 0.3) is 0 Å². The molecule has 0 aromatic rings. The summed E-state index contributed by atoms with van der Waals surface area (Å²) in [5.41, 5.74) is 0.833. The summed E-state index contributed by atoms with van der Waals surface area (Å²) >= 11 is 0. The highest BCUT2D eigenvalue weighted by Crippen LogP contribution is 2.16. The first-order chi connectivity index (χ1) is 6.56. The van der Waals surface area contributed by atoms with E-state index >= 15 is 0 Å². The van der Waals surface area contributed by atoms with Gasteiger partial charge in [-0.05, 0) is 12.8 Å². The normalized spacial score (nSPS) is 27.1. The fourth-order valence-corrected chi connectivity index (χ4v) is 1.38. The van der Waals surface area contributed by atoms with E-state index in [1.165, 1.54) is 0 Å². The fraction of sp³-hybridized carbons (Fsp3) is 0.583. The standard InChI is InChI=1S/C12H19NO/c1-5-9(2)8-11-7-6-10(3)13(4)12(11)14/h6-10H,5H2,1-4H3/b11-8+. The molecule has 0 radical (unpaired) electrons. The number of nitrogens with zero attached hydrogens (tertiary/aromatic N) is 1. The van der Waals surface area contributed by atoms with Crippen LogP contribution in [-0.2, 0) is 4.79 Å². The molecular formula is C12H19NO. The van der Waals surface area contributed by atoms with Gasteiger partial charge in [0.05, 0.1) is 0 Å². The maximum atomic E-state index is 11.8. The lowest BCUT2D eigenvalue weighted by atomic mass is 10.0. The summed E-state index contributed by atoms with van der Waals surface area (Å²) in [6.45, 7) is 6.28. The van der Waals surface area contributed by atoms with Crippen LogP contribution in [0.5, 0.6) is 0 Å². The summed E-state index contributed by atoms with van der Waals surface area (Å²) in [5, 5.41) is 0. The zero-order valence-electron chi connectivity index (χ0n) is 9.45. The van der Waals surface area contributed by atoms with Gasteiger partial charge in [-0.3, -0.25) is 4.79 Å².